The van der Waals surface area contributed by atoms with Crippen LogP contribution in [0.15, 0.2) is 12.8 Å². The van der Waals surface area contributed by atoms with Crippen LogP contribution in [-0.2, 0) is 0 Å². The van der Waals surface area contributed by atoms with Gasteiger partial charge in [-0.05, 0) is 6.08 Å². The van der Waals surface area contributed by atoms with Crippen molar-refractivity contribution in [3.63, 3.8) is 0 Å². The predicted molar refractivity (Wildman–Crippen MR) is 43.7 cm³/mol. The van der Waals surface area contributed by atoms with Gasteiger partial charge in [-0.1, -0.05) is 18.2 Å². The molecule has 0 radical (unpaired) electrons. The van der Waals surface area contributed by atoms with Crippen LogP contribution in [0.4, 0.5) is 0 Å². The molecule has 1 heterocycles. The number of nitrogens with zero attached hydrogens (tertiary/aromatic N) is 2. The minimum absolute atomic E-state index is 0.442. The fourth-order valence-electron chi connectivity index (χ4n) is 0.704. The highest BCUT2D eigenvalue weighted by molar-refractivity contribution is 6.32. The summed E-state index contributed by atoms with van der Waals surface area (Å²) in [5.41, 5.74) is 0.556. The first kappa shape index (κ1) is 8.01. The molecule has 1 aromatic rings. The molecule has 0 aromatic carbocycles. The van der Waals surface area contributed by atoms with Crippen molar-refractivity contribution < 1.29 is 4.74 Å². The largest absolute Gasteiger partial charge is 0.493 e. The van der Waals surface area contributed by atoms with E-state index < -0.39 is 0 Å². The summed E-state index contributed by atoms with van der Waals surface area (Å²) in [6, 6.07) is 0. The summed E-state index contributed by atoms with van der Waals surface area (Å²) < 4.78 is 4.96. The molecule has 4 heteroatoms. The molecule has 0 spiro atoms. The molecule has 0 fully saturated rings. The highest BCUT2D eigenvalue weighted by atomic mass is 35.5. The van der Waals surface area contributed by atoms with E-state index in [1.54, 1.807) is 0 Å². The third kappa shape index (κ3) is 1.49. The average Bonchev–Trinajstić information content (AvgIpc) is 2.04. The molecule has 58 valence electrons. The van der Waals surface area contributed by atoms with Crippen LogP contribution in [0.5, 0.6) is 5.75 Å². The molecule has 3 nitrogen and oxygen atoms in total. The molecule has 0 saturated carbocycles. The van der Waals surface area contributed by atoms with Crippen LogP contribution in [-0.4, -0.2) is 17.3 Å². The molecule has 0 bridgehead atoms. The van der Waals surface area contributed by atoms with E-state index in [1.807, 2.05) is 0 Å². The lowest BCUT2D eigenvalue weighted by Crippen LogP contribution is -1.93. The molecular formula is C7H7ClN2O. The van der Waals surface area contributed by atoms with Crippen LogP contribution in [0.3, 0.4) is 0 Å². The third-order valence-corrected chi connectivity index (χ3v) is 1.45. The van der Waals surface area contributed by atoms with Gasteiger partial charge in [0, 0.05) is 0 Å². The topological polar surface area (TPSA) is 35.0 Å². The van der Waals surface area contributed by atoms with Crippen molar-refractivity contribution in [1.82, 2.24) is 10.2 Å². The molecule has 1 aromatic heterocycles. The molecule has 0 N–H and O–H groups in total. The summed E-state index contributed by atoms with van der Waals surface area (Å²) in [6.07, 6.45) is 2.96. The number of hydrogen-bond donors (Lipinski definition) is 0. The Balaban J connectivity index is 3.23. The van der Waals surface area contributed by atoms with Gasteiger partial charge < -0.3 is 4.74 Å². The summed E-state index contributed by atoms with van der Waals surface area (Å²) in [4.78, 5) is 0. The van der Waals surface area contributed by atoms with E-state index in [4.69, 9.17) is 16.3 Å². The fourth-order valence-corrected chi connectivity index (χ4v) is 0.921. The Morgan fingerprint density at radius 1 is 1.73 bits per heavy atom. The summed E-state index contributed by atoms with van der Waals surface area (Å²) in [7, 11) is 1.52. The lowest BCUT2D eigenvalue weighted by atomic mass is 10.3. The quantitative estimate of drug-likeness (QED) is 0.679. The van der Waals surface area contributed by atoms with Gasteiger partial charge in [0.2, 0.25) is 0 Å². The summed E-state index contributed by atoms with van der Waals surface area (Å²) in [5, 5.41) is 7.82. The second-order valence-corrected chi connectivity index (χ2v) is 2.22. The van der Waals surface area contributed by atoms with Crippen LogP contribution in [0.2, 0.25) is 5.02 Å². The standard InChI is InChI=1S/C7H7ClN2O/c1-3-6-7(11-2)5(8)4-9-10-6/h3-4H,1H2,2H3. The van der Waals surface area contributed by atoms with Gasteiger partial charge in [-0.2, -0.15) is 5.10 Å². The maximum atomic E-state index is 5.73. The van der Waals surface area contributed by atoms with Gasteiger partial charge in [0.15, 0.2) is 5.75 Å². The van der Waals surface area contributed by atoms with Gasteiger partial charge >= 0.3 is 0 Å². The summed E-state index contributed by atoms with van der Waals surface area (Å²) in [6.45, 7) is 3.54. The zero-order valence-electron chi connectivity index (χ0n) is 6.04. The van der Waals surface area contributed by atoms with E-state index in [2.05, 4.69) is 16.8 Å². The first-order valence-electron chi connectivity index (χ1n) is 2.97. The van der Waals surface area contributed by atoms with Crippen LogP contribution >= 0.6 is 11.6 Å². The van der Waals surface area contributed by atoms with Gasteiger partial charge in [-0.3, -0.25) is 0 Å². The number of methoxy groups -OCH3 is 1. The number of rotatable bonds is 2. The molecule has 0 atom stereocenters. The monoisotopic (exact) mass is 170 g/mol. The average molecular weight is 171 g/mol. The molecular weight excluding hydrogens is 164 g/mol. The van der Waals surface area contributed by atoms with Gasteiger partial charge in [0.05, 0.1) is 13.3 Å². The number of halogens is 1. The molecule has 0 unspecified atom stereocenters. The van der Waals surface area contributed by atoms with Crippen LogP contribution in [0.1, 0.15) is 5.69 Å². The van der Waals surface area contributed by atoms with E-state index in [9.17, 15) is 0 Å². The molecule has 1 rings (SSSR count). The number of ether oxygens (including phenoxy) is 1. The molecule has 0 aliphatic carbocycles. The second kappa shape index (κ2) is 3.34. The Morgan fingerprint density at radius 2 is 2.45 bits per heavy atom. The Bertz CT molecular complexity index is 275. The van der Waals surface area contributed by atoms with Crippen molar-refractivity contribution in [3.05, 3.63) is 23.5 Å². The van der Waals surface area contributed by atoms with Crippen LogP contribution in [0.25, 0.3) is 6.08 Å². The second-order valence-electron chi connectivity index (χ2n) is 1.82. The maximum absolute atomic E-state index is 5.73. The Morgan fingerprint density at radius 3 is 2.91 bits per heavy atom. The maximum Gasteiger partial charge on any atom is 0.166 e. The van der Waals surface area contributed by atoms with E-state index in [1.165, 1.54) is 19.4 Å². The molecule has 11 heavy (non-hydrogen) atoms. The SMILES string of the molecule is C=Cc1nncc(Cl)c1OC. The highest BCUT2D eigenvalue weighted by Gasteiger charge is 2.05. The first-order valence-corrected chi connectivity index (χ1v) is 3.35. The van der Waals surface area contributed by atoms with Crippen molar-refractivity contribution in [2.45, 2.75) is 0 Å². The fraction of sp³-hybridized carbons (Fsp3) is 0.143. The Kier molecular flexibility index (Phi) is 2.44. The van der Waals surface area contributed by atoms with Crippen molar-refractivity contribution in [3.8, 4) is 5.75 Å². The first-order chi connectivity index (χ1) is 5.29. The molecule has 0 aliphatic rings. The summed E-state index contributed by atoms with van der Waals surface area (Å²) in [5.74, 6) is 0.511. The zero-order chi connectivity index (χ0) is 8.27. The lowest BCUT2D eigenvalue weighted by Gasteiger charge is -2.02. The van der Waals surface area contributed by atoms with Crippen LogP contribution < -0.4 is 4.74 Å². The predicted octanol–water partition coefficient (Wildman–Crippen LogP) is 1.78. The Hall–Kier alpha value is -1.09. The van der Waals surface area contributed by atoms with Gasteiger partial charge in [0.1, 0.15) is 10.7 Å². The summed E-state index contributed by atoms with van der Waals surface area (Å²) >= 11 is 5.73. The van der Waals surface area contributed by atoms with E-state index in [-0.39, 0.29) is 0 Å². The van der Waals surface area contributed by atoms with Crippen molar-refractivity contribution >= 4 is 17.7 Å². The van der Waals surface area contributed by atoms with Crippen LogP contribution in [0, 0.1) is 0 Å². The highest BCUT2D eigenvalue weighted by Crippen LogP contribution is 2.25. The van der Waals surface area contributed by atoms with E-state index in [0.717, 1.165) is 0 Å². The molecule has 0 aliphatic heterocycles. The smallest absolute Gasteiger partial charge is 0.166 e. The van der Waals surface area contributed by atoms with Crippen molar-refractivity contribution in [1.29, 1.82) is 0 Å². The van der Waals surface area contributed by atoms with E-state index >= 15 is 0 Å². The van der Waals surface area contributed by atoms with Gasteiger partial charge in [-0.15, -0.1) is 5.10 Å². The van der Waals surface area contributed by atoms with Crippen molar-refractivity contribution in [2.24, 2.45) is 0 Å². The van der Waals surface area contributed by atoms with Gasteiger partial charge in [-0.25, -0.2) is 0 Å². The number of aromatic nitrogens is 2. The normalized spacial score (nSPS) is 9.27. The third-order valence-electron chi connectivity index (χ3n) is 1.18. The Labute approximate surface area is 69.7 Å². The molecule has 0 saturated heterocycles. The van der Waals surface area contributed by atoms with Crippen molar-refractivity contribution in [2.75, 3.05) is 7.11 Å². The van der Waals surface area contributed by atoms with Gasteiger partial charge in [0.25, 0.3) is 0 Å². The van der Waals surface area contributed by atoms with E-state index in [0.29, 0.717) is 16.5 Å². The zero-order valence-corrected chi connectivity index (χ0v) is 6.80. The minimum atomic E-state index is 0.442. The minimum Gasteiger partial charge on any atom is -0.493 e. The lowest BCUT2D eigenvalue weighted by molar-refractivity contribution is 0.410. The number of hydrogen-bond acceptors (Lipinski definition) is 3. The molecule has 0 amide bonds.